The lowest BCUT2D eigenvalue weighted by Gasteiger charge is -2.09. The van der Waals surface area contributed by atoms with Gasteiger partial charge in [0.05, 0.1) is 39.6 Å². The first-order chi connectivity index (χ1) is 36.1. The first kappa shape index (κ1) is 64.0. The standard InChI is InChI=1S/C11H18N2.2C10H16N2.C9H16N2.C8H15N2.C8H14N2.C7H13N2/c1-8-11(10-6-4-5-7-10)12-9(2)13(8)3;1-8-11-7-10(12(8)2)9-5-3-4-6-9;1-8-7-11-10(12(8)2)9-5-3-4-6-9;1-6(2)9-7(3)11(5)8(4)10-9;1-6-7(2)10(5)8(3)9(6)4;1-6(2)8-5-9-7(3)10(8)4;1-6-5-8(3)7(2)9(6)4/h10H,4-7H2,1-3H3;2*7,9H,3-6H2,1-2H3;6H,1-5H3;1-5H3;5-6H,1-4H3;5H,1-4H3/q;;;;+1;;+1. The Kier molecular flexibility index (Phi) is 24.0. The van der Waals surface area contributed by atoms with Crippen molar-refractivity contribution in [2.75, 3.05) is 0 Å². The Morgan fingerprint density at radius 1 is 0.442 bits per heavy atom. The average Bonchev–Trinajstić information content (AvgIpc) is 4.29. The van der Waals surface area contributed by atoms with E-state index in [0.717, 1.165) is 41.1 Å². The van der Waals surface area contributed by atoms with Crippen molar-refractivity contribution in [3.05, 3.63) is 122 Å². The molecule has 7 aromatic rings. The highest BCUT2D eigenvalue weighted by Crippen LogP contribution is 2.36. The first-order valence-electron chi connectivity index (χ1n) is 29.0. The Bertz CT molecular complexity index is 2750. The van der Waals surface area contributed by atoms with Gasteiger partial charge in [-0.2, -0.15) is 0 Å². The molecule has 10 rings (SSSR count). The van der Waals surface area contributed by atoms with Crippen molar-refractivity contribution in [2.24, 2.45) is 63.4 Å². The quantitative estimate of drug-likeness (QED) is 0.160. The van der Waals surface area contributed by atoms with E-state index in [1.165, 1.54) is 151 Å². The molecular formula is C63H108N14+2. The maximum Gasteiger partial charge on any atom is 0.253 e. The molecule has 3 aliphatic rings. The van der Waals surface area contributed by atoms with E-state index < -0.39 is 0 Å². The zero-order valence-corrected chi connectivity index (χ0v) is 53.4. The predicted molar refractivity (Wildman–Crippen MR) is 318 cm³/mol. The van der Waals surface area contributed by atoms with Gasteiger partial charge in [-0.3, -0.25) is 0 Å². The zero-order chi connectivity index (χ0) is 57.7. The average molecular weight is 1060 g/mol. The second-order valence-electron chi connectivity index (χ2n) is 23.3. The van der Waals surface area contributed by atoms with Gasteiger partial charge in [0.2, 0.25) is 0 Å². The Morgan fingerprint density at radius 2 is 0.935 bits per heavy atom. The Hall–Kier alpha value is -5.53. The SMILES string of the molecule is Cc1c(C)[n+](C)c(C)n1C.Cc1c[n+](C)c(C)n1C.Cc1cnc(C2CCCC2)n1C.Cc1nc(C(C)C)c(C)n1C.Cc1nc(C2CCCC2)c(C)n1C.Cc1ncc(C(C)C)n1C.Cc1ncc(C2CCCC2)n1C. The Morgan fingerprint density at radius 3 is 1.22 bits per heavy atom. The molecule has 0 atom stereocenters. The van der Waals surface area contributed by atoms with Crippen LogP contribution in [-0.2, 0) is 63.4 Å². The molecule has 0 aliphatic heterocycles. The van der Waals surface area contributed by atoms with Crippen molar-refractivity contribution in [3.8, 4) is 0 Å². The van der Waals surface area contributed by atoms with Crippen LogP contribution in [0.25, 0.3) is 0 Å². The topological polar surface area (TPSA) is 107 Å². The van der Waals surface area contributed by atoms with Gasteiger partial charge in [-0.25, -0.2) is 43.2 Å². The number of rotatable bonds is 5. The van der Waals surface area contributed by atoms with Crippen LogP contribution in [0.3, 0.4) is 0 Å². The maximum atomic E-state index is 4.65. The molecular weight excluding hydrogens is 953 g/mol. The van der Waals surface area contributed by atoms with E-state index in [2.05, 4.69) is 233 Å². The van der Waals surface area contributed by atoms with Gasteiger partial charge in [-0.15, -0.1) is 0 Å². The summed E-state index contributed by atoms with van der Waals surface area (Å²) in [5.74, 6) is 11.7. The normalized spacial score (nSPS) is 14.5. The minimum Gasteiger partial charge on any atom is -0.335 e. The van der Waals surface area contributed by atoms with Crippen LogP contribution < -0.4 is 9.13 Å². The summed E-state index contributed by atoms with van der Waals surface area (Å²) in [6.07, 6.45) is 24.5. The van der Waals surface area contributed by atoms with Gasteiger partial charge in [0.25, 0.3) is 11.6 Å². The van der Waals surface area contributed by atoms with Crippen molar-refractivity contribution in [1.29, 1.82) is 0 Å². The van der Waals surface area contributed by atoms with Crippen molar-refractivity contribution < 1.29 is 9.13 Å². The summed E-state index contributed by atoms with van der Waals surface area (Å²) in [7, 11) is 18.8. The number of aromatic nitrogens is 14. The minimum atomic E-state index is 0.537. The third kappa shape index (κ3) is 16.3. The number of hydrogen-bond donors (Lipinski definition) is 0. The molecule has 3 fully saturated rings. The van der Waals surface area contributed by atoms with Crippen LogP contribution in [0.5, 0.6) is 0 Å². The third-order valence-electron chi connectivity index (χ3n) is 17.8. The van der Waals surface area contributed by atoms with Crippen LogP contribution >= 0.6 is 0 Å². The van der Waals surface area contributed by atoms with Crippen molar-refractivity contribution in [1.82, 2.24) is 56.9 Å². The lowest BCUT2D eigenvalue weighted by Crippen LogP contribution is -2.32. The van der Waals surface area contributed by atoms with Crippen LogP contribution in [-0.4, -0.2) is 56.9 Å². The molecule has 0 N–H and O–H groups in total. The molecule has 428 valence electrons. The van der Waals surface area contributed by atoms with Gasteiger partial charge in [0.15, 0.2) is 0 Å². The molecule has 3 aliphatic carbocycles. The largest absolute Gasteiger partial charge is 0.335 e. The summed E-state index contributed by atoms with van der Waals surface area (Å²) in [4.78, 5) is 22.1. The minimum absolute atomic E-state index is 0.537. The number of imidazole rings is 7. The van der Waals surface area contributed by atoms with Gasteiger partial charge >= 0.3 is 0 Å². The highest BCUT2D eigenvalue weighted by Gasteiger charge is 2.24. The van der Waals surface area contributed by atoms with E-state index in [4.69, 9.17) is 0 Å². The highest BCUT2D eigenvalue weighted by atomic mass is 15.1. The van der Waals surface area contributed by atoms with Crippen molar-refractivity contribution >= 4 is 0 Å². The second kappa shape index (κ2) is 28.9. The summed E-state index contributed by atoms with van der Waals surface area (Å²) in [5, 5.41) is 0. The predicted octanol–water partition coefficient (Wildman–Crippen LogP) is 12.7. The van der Waals surface area contributed by atoms with E-state index in [0.29, 0.717) is 11.8 Å². The fourth-order valence-corrected chi connectivity index (χ4v) is 11.0. The summed E-state index contributed by atoms with van der Waals surface area (Å²) in [5.41, 5.74) is 13.2. The van der Waals surface area contributed by atoms with Gasteiger partial charge in [0, 0.05) is 135 Å². The van der Waals surface area contributed by atoms with Crippen LogP contribution in [0.2, 0.25) is 0 Å². The summed E-state index contributed by atoms with van der Waals surface area (Å²) in [6, 6.07) is 0. The van der Waals surface area contributed by atoms with E-state index in [1.807, 2.05) is 32.4 Å². The highest BCUT2D eigenvalue weighted by molar-refractivity contribution is 5.21. The molecule has 14 nitrogen and oxygen atoms in total. The van der Waals surface area contributed by atoms with Gasteiger partial charge in [-0.05, 0) is 98.8 Å². The molecule has 0 aromatic carbocycles. The second-order valence-corrected chi connectivity index (χ2v) is 23.3. The van der Waals surface area contributed by atoms with Crippen LogP contribution in [0.15, 0.2) is 24.8 Å². The zero-order valence-electron chi connectivity index (χ0n) is 53.4. The van der Waals surface area contributed by atoms with Crippen LogP contribution in [0.1, 0.15) is 232 Å². The summed E-state index contributed by atoms with van der Waals surface area (Å²) in [6.45, 7) is 34.0. The molecule has 0 saturated heterocycles. The third-order valence-corrected chi connectivity index (χ3v) is 17.8. The van der Waals surface area contributed by atoms with Gasteiger partial charge in [-0.1, -0.05) is 66.2 Å². The molecule has 0 amide bonds. The molecule has 7 heterocycles. The molecule has 14 heteroatoms. The summed E-state index contributed by atoms with van der Waals surface area (Å²) >= 11 is 0. The Labute approximate surface area is 467 Å². The van der Waals surface area contributed by atoms with E-state index in [1.54, 1.807) is 0 Å². The molecule has 0 bridgehead atoms. The van der Waals surface area contributed by atoms with Gasteiger partial charge < -0.3 is 22.8 Å². The lowest BCUT2D eigenvalue weighted by atomic mass is 10.0. The molecule has 0 spiro atoms. The van der Waals surface area contributed by atoms with Crippen LogP contribution in [0.4, 0.5) is 0 Å². The monoisotopic (exact) mass is 1060 g/mol. The molecule has 7 aromatic heterocycles. The van der Waals surface area contributed by atoms with Gasteiger partial charge in [0.1, 0.15) is 52.4 Å². The van der Waals surface area contributed by atoms with E-state index in [9.17, 15) is 0 Å². The number of aryl methyl sites for hydroxylation is 7. The molecule has 3 saturated carbocycles. The smallest absolute Gasteiger partial charge is 0.253 e. The van der Waals surface area contributed by atoms with Crippen molar-refractivity contribution in [3.63, 3.8) is 0 Å². The maximum absolute atomic E-state index is 4.65. The molecule has 77 heavy (non-hydrogen) atoms. The van der Waals surface area contributed by atoms with Crippen LogP contribution in [0, 0.1) is 83.1 Å². The van der Waals surface area contributed by atoms with E-state index in [-0.39, 0.29) is 0 Å². The number of hydrogen-bond acceptors (Lipinski definition) is 5. The van der Waals surface area contributed by atoms with Crippen molar-refractivity contribution in [2.45, 2.75) is 217 Å². The Balaban J connectivity index is 0.000000195. The first-order valence-corrected chi connectivity index (χ1v) is 29.0. The number of nitrogens with zero attached hydrogens (tertiary/aromatic N) is 14. The summed E-state index contributed by atoms with van der Waals surface area (Å²) < 4.78 is 19.6. The van der Waals surface area contributed by atoms with E-state index >= 15 is 0 Å². The molecule has 0 unspecified atom stereocenters. The fraction of sp³-hybridized carbons (Fsp3) is 0.667. The fourth-order valence-electron chi connectivity index (χ4n) is 11.0. The molecule has 0 radical (unpaired) electrons. The lowest BCUT2D eigenvalue weighted by molar-refractivity contribution is -0.683.